The first-order valence-corrected chi connectivity index (χ1v) is 9.87. The minimum atomic E-state index is -3.56. The van der Waals surface area contributed by atoms with Crippen LogP contribution in [0.25, 0.3) is 0 Å². The Hall–Kier alpha value is -1.56. The molecule has 5 nitrogen and oxygen atoms in total. The second-order valence-corrected chi connectivity index (χ2v) is 7.88. The molecule has 0 aliphatic heterocycles. The molecule has 6 heteroatoms. The fraction of sp³-hybridized carbons (Fsp3) is 0.588. The van der Waals surface area contributed by atoms with Gasteiger partial charge >= 0.3 is 0 Å². The van der Waals surface area contributed by atoms with Crippen molar-refractivity contribution in [3.8, 4) is 0 Å². The molecule has 0 fully saturated rings. The maximum atomic E-state index is 12.3. The number of benzene rings is 1. The predicted molar refractivity (Wildman–Crippen MR) is 95.2 cm³/mol. The number of hydrogen-bond donors (Lipinski definition) is 1. The normalized spacial score (nSPS) is 12.7. The molecule has 1 amide bonds. The van der Waals surface area contributed by atoms with Crippen molar-refractivity contribution < 1.29 is 13.2 Å². The van der Waals surface area contributed by atoms with Gasteiger partial charge in [-0.3, -0.25) is 9.10 Å². The van der Waals surface area contributed by atoms with Gasteiger partial charge in [-0.25, -0.2) is 8.42 Å². The SMILES string of the molecule is CCCCCNC(=O)[C@H](C)N(c1cc(C)ccc1C)S(C)(=O)=O. The molecule has 0 saturated heterocycles. The van der Waals surface area contributed by atoms with Gasteiger partial charge in [0.25, 0.3) is 0 Å². The first-order valence-electron chi connectivity index (χ1n) is 8.02. The van der Waals surface area contributed by atoms with E-state index in [2.05, 4.69) is 12.2 Å². The zero-order valence-electron chi connectivity index (χ0n) is 14.7. The van der Waals surface area contributed by atoms with Crippen molar-refractivity contribution in [3.05, 3.63) is 29.3 Å². The molecule has 0 spiro atoms. The molecule has 1 N–H and O–H groups in total. The van der Waals surface area contributed by atoms with Crippen LogP contribution in [0.4, 0.5) is 5.69 Å². The van der Waals surface area contributed by atoms with E-state index in [1.54, 1.807) is 13.0 Å². The molecular formula is C17H28N2O3S. The lowest BCUT2D eigenvalue weighted by Gasteiger charge is -2.29. The number of rotatable bonds is 8. The van der Waals surface area contributed by atoms with Gasteiger partial charge in [-0.15, -0.1) is 0 Å². The second kappa shape index (κ2) is 8.34. The average Bonchev–Trinajstić information content (AvgIpc) is 2.45. The van der Waals surface area contributed by atoms with Gasteiger partial charge in [0.2, 0.25) is 15.9 Å². The lowest BCUT2D eigenvalue weighted by molar-refractivity contribution is -0.121. The Kier molecular flexibility index (Phi) is 7.06. The summed E-state index contributed by atoms with van der Waals surface area (Å²) in [4.78, 5) is 12.3. The van der Waals surface area contributed by atoms with E-state index in [9.17, 15) is 13.2 Å². The Labute approximate surface area is 140 Å². The van der Waals surface area contributed by atoms with Crippen molar-refractivity contribution >= 4 is 21.6 Å². The van der Waals surface area contributed by atoms with Crippen molar-refractivity contribution in [2.45, 2.75) is 53.0 Å². The number of unbranched alkanes of at least 4 members (excludes halogenated alkanes) is 2. The number of nitrogens with one attached hydrogen (secondary N) is 1. The highest BCUT2D eigenvalue weighted by Gasteiger charge is 2.29. The predicted octanol–water partition coefficient (Wildman–Crippen LogP) is 2.76. The van der Waals surface area contributed by atoms with E-state index >= 15 is 0 Å². The molecule has 0 bridgehead atoms. The maximum Gasteiger partial charge on any atom is 0.243 e. The fourth-order valence-corrected chi connectivity index (χ4v) is 3.70. The molecule has 1 aromatic carbocycles. The Morgan fingerprint density at radius 1 is 1.26 bits per heavy atom. The van der Waals surface area contributed by atoms with Crippen LogP contribution >= 0.6 is 0 Å². The summed E-state index contributed by atoms with van der Waals surface area (Å²) in [7, 11) is -3.56. The first-order chi connectivity index (χ1) is 10.7. The van der Waals surface area contributed by atoms with Crippen LogP contribution in [-0.2, 0) is 14.8 Å². The van der Waals surface area contributed by atoms with Gasteiger partial charge in [-0.1, -0.05) is 31.9 Å². The molecule has 1 atom stereocenters. The van der Waals surface area contributed by atoms with Gasteiger partial charge in [-0.05, 0) is 44.4 Å². The quantitative estimate of drug-likeness (QED) is 0.740. The van der Waals surface area contributed by atoms with E-state index in [0.29, 0.717) is 12.2 Å². The molecule has 0 aliphatic carbocycles. The van der Waals surface area contributed by atoms with Crippen LogP contribution in [0.2, 0.25) is 0 Å². The van der Waals surface area contributed by atoms with Crippen LogP contribution in [0.1, 0.15) is 44.2 Å². The van der Waals surface area contributed by atoms with Crippen molar-refractivity contribution in [2.75, 3.05) is 17.1 Å². The lowest BCUT2D eigenvalue weighted by atomic mass is 10.1. The van der Waals surface area contributed by atoms with E-state index in [1.807, 2.05) is 26.0 Å². The van der Waals surface area contributed by atoms with Crippen LogP contribution in [0.3, 0.4) is 0 Å². The van der Waals surface area contributed by atoms with Gasteiger partial charge < -0.3 is 5.32 Å². The molecule has 1 aromatic rings. The summed E-state index contributed by atoms with van der Waals surface area (Å²) in [6.07, 6.45) is 4.15. The number of carbonyl (C=O) groups excluding carboxylic acids is 1. The van der Waals surface area contributed by atoms with Crippen molar-refractivity contribution in [1.29, 1.82) is 0 Å². The monoisotopic (exact) mass is 340 g/mol. The Bertz CT molecular complexity index is 641. The molecule has 0 unspecified atom stereocenters. The van der Waals surface area contributed by atoms with Crippen LogP contribution in [-0.4, -0.2) is 33.2 Å². The third kappa shape index (κ3) is 5.53. The zero-order chi connectivity index (χ0) is 17.6. The number of sulfonamides is 1. The Balaban J connectivity index is 3.03. The Morgan fingerprint density at radius 2 is 1.91 bits per heavy atom. The molecule has 0 aromatic heterocycles. The number of carbonyl (C=O) groups is 1. The molecular weight excluding hydrogens is 312 g/mol. The van der Waals surface area contributed by atoms with Crippen molar-refractivity contribution in [3.63, 3.8) is 0 Å². The maximum absolute atomic E-state index is 12.3. The average molecular weight is 340 g/mol. The number of anilines is 1. The van der Waals surface area contributed by atoms with Gasteiger partial charge in [0.05, 0.1) is 11.9 Å². The van der Waals surface area contributed by atoms with E-state index in [0.717, 1.165) is 36.6 Å². The largest absolute Gasteiger partial charge is 0.354 e. The summed E-state index contributed by atoms with van der Waals surface area (Å²) in [5.74, 6) is -0.271. The first kappa shape index (κ1) is 19.5. The van der Waals surface area contributed by atoms with Gasteiger partial charge in [0.1, 0.15) is 6.04 Å². The highest BCUT2D eigenvalue weighted by Crippen LogP contribution is 2.26. The topological polar surface area (TPSA) is 66.5 Å². The fourth-order valence-electron chi connectivity index (χ4n) is 2.47. The summed E-state index contributed by atoms with van der Waals surface area (Å²) < 4.78 is 25.7. The molecule has 0 aliphatic rings. The zero-order valence-corrected chi connectivity index (χ0v) is 15.5. The highest BCUT2D eigenvalue weighted by atomic mass is 32.2. The van der Waals surface area contributed by atoms with E-state index in [-0.39, 0.29) is 5.91 Å². The second-order valence-electron chi connectivity index (χ2n) is 6.02. The van der Waals surface area contributed by atoms with Gasteiger partial charge in [0.15, 0.2) is 0 Å². The van der Waals surface area contributed by atoms with Crippen LogP contribution < -0.4 is 9.62 Å². The summed E-state index contributed by atoms with van der Waals surface area (Å²) in [6, 6.07) is 4.81. The molecule has 130 valence electrons. The third-order valence-corrected chi connectivity index (χ3v) is 5.00. The van der Waals surface area contributed by atoms with Crippen LogP contribution in [0.15, 0.2) is 18.2 Å². The number of aryl methyl sites for hydroxylation is 2. The van der Waals surface area contributed by atoms with Crippen LogP contribution in [0, 0.1) is 13.8 Å². The third-order valence-electron chi connectivity index (χ3n) is 3.77. The Morgan fingerprint density at radius 3 is 2.48 bits per heavy atom. The van der Waals surface area contributed by atoms with E-state index < -0.39 is 16.1 Å². The number of amides is 1. The van der Waals surface area contributed by atoms with Crippen molar-refractivity contribution in [2.24, 2.45) is 0 Å². The smallest absolute Gasteiger partial charge is 0.243 e. The molecule has 0 saturated carbocycles. The number of nitrogens with zero attached hydrogens (tertiary/aromatic N) is 1. The van der Waals surface area contributed by atoms with Crippen LogP contribution in [0.5, 0.6) is 0 Å². The highest BCUT2D eigenvalue weighted by molar-refractivity contribution is 7.92. The summed E-state index contributed by atoms with van der Waals surface area (Å²) >= 11 is 0. The molecule has 0 heterocycles. The van der Waals surface area contributed by atoms with E-state index in [4.69, 9.17) is 0 Å². The van der Waals surface area contributed by atoms with E-state index in [1.165, 1.54) is 4.31 Å². The minimum absolute atomic E-state index is 0.271. The van der Waals surface area contributed by atoms with Gasteiger partial charge in [0, 0.05) is 6.54 Å². The lowest BCUT2D eigenvalue weighted by Crippen LogP contribution is -2.48. The molecule has 1 rings (SSSR count). The molecule has 23 heavy (non-hydrogen) atoms. The van der Waals surface area contributed by atoms with Crippen molar-refractivity contribution in [1.82, 2.24) is 5.32 Å². The van der Waals surface area contributed by atoms with Gasteiger partial charge in [-0.2, -0.15) is 0 Å². The number of hydrogen-bond acceptors (Lipinski definition) is 3. The molecule has 0 radical (unpaired) electrons. The summed E-state index contributed by atoms with van der Waals surface area (Å²) in [5, 5.41) is 2.83. The standard InChI is InChI=1S/C17H28N2O3S/c1-6-7-8-11-18-17(20)15(4)19(23(5,21)22)16-12-13(2)9-10-14(16)3/h9-10,12,15H,6-8,11H2,1-5H3,(H,18,20)/t15-/m0/s1. The minimum Gasteiger partial charge on any atom is -0.354 e. The summed E-state index contributed by atoms with van der Waals surface area (Å²) in [6.45, 7) is 8.04. The summed E-state index contributed by atoms with van der Waals surface area (Å²) in [5.41, 5.74) is 2.34.